The molecule has 1 aromatic heterocycles. The minimum atomic E-state index is -0.243. The van der Waals surface area contributed by atoms with Crippen LogP contribution in [0.3, 0.4) is 0 Å². The number of H-pyrrole nitrogens is 1. The molecule has 0 atom stereocenters. The largest absolute Gasteiger partial charge is 0.489 e. The Morgan fingerprint density at radius 2 is 1.86 bits per heavy atom. The third-order valence-electron chi connectivity index (χ3n) is 3.31. The van der Waals surface area contributed by atoms with Crippen LogP contribution in [0.2, 0.25) is 0 Å². The van der Waals surface area contributed by atoms with Crippen LogP contribution < -0.4 is 10.1 Å². The Morgan fingerprint density at radius 1 is 1.00 bits per heavy atom. The number of hydrogen-bond acceptors (Lipinski definition) is 2. The number of benzene rings is 2. The Morgan fingerprint density at radius 3 is 2.59 bits per heavy atom. The van der Waals surface area contributed by atoms with Gasteiger partial charge in [-0.2, -0.15) is 0 Å². The van der Waals surface area contributed by atoms with Gasteiger partial charge >= 0.3 is 0 Å². The smallest absolute Gasteiger partial charge is 0.123 e. The lowest BCUT2D eigenvalue weighted by Crippen LogP contribution is -1.99. The zero-order valence-corrected chi connectivity index (χ0v) is 12.1. The zero-order chi connectivity index (χ0) is 15.2. The molecule has 0 saturated carbocycles. The van der Waals surface area contributed by atoms with Crippen molar-refractivity contribution in [2.24, 2.45) is 0 Å². The first-order valence-electron chi connectivity index (χ1n) is 7.12. The van der Waals surface area contributed by atoms with E-state index >= 15 is 0 Å². The number of anilines is 1. The highest BCUT2D eigenvalue weighted by molar-refractivity contribution is 5.41. The lowest BCUT2D eigenvalue weighted by Gasteiger charge is -2.08. The van der Waals surface area contributed by atoms with E-state index in [0.717, 1.165) is 23.5 Å². The van der Waals surface area contributed by atoms with Gasteiger partial charge in [-0.15, -0.1) is 0 Å². The quantitative estimate of drug-likeness (QED) is 0.710. The molecule has 0 radical (unpaired) electrons. The van der Waals surface area contributed by atoms with Crippen LogP contribution in [0.5, 0.6) is 5.75 Å². The fourth-order valence-corrected chi connectivity index (χ4v) is 2.13. The molecule has 0 aliphatic carbocycles. The second-order valence-corrected chi connectivity index (χ2v) is 5.02. The number of nitrogens with one attached hydrogen (secondary N) is 2. The van der Waals surface area contributed by atoms with E-state index in [4.69, 9.17) is 4.74 Å². The van der Waals surface area contributed by atoms with E-state index in [0.29, 0.717) is 6.61 Å². The molecule has 3 aromatic rings. The summed E-state index contributed by atoms with van der Waals surface area (Å²) < 4.78 is 18.7. The van der Waals surface area contributed by atoms with E-state index < -0.39 is 0 Å². The highest BCUT2D eigenvalue weighted by Gasteiger charge is 1.99. The first kappa shape index (κ1) is 14.2. The minimum absolute atomic E-state index is 0.243. The van der Waals surface area contributed by atoms with Crippen molar-refractivity contribution in [2.45, 2.75) is 13.2 Å². The van der Waals surface area contributed by atoms with Gasteiger partial charge in [-0.05, 0) is 41.5 Å². The maximum Gasteiger partial charge on any atom is 0.123 e. The molecular formula is C18H17FN2O. The Labute approximate surface area is 128 Å². The summed E-state index contributed by atoms with van der Waals surface area (Å²) >= 11 is 0. The van der Waals surface area contributed by atoms with E-state index in [-0.39, 0.29) is 5.82 Å². The predicted molar refractivity (Wildman–Crippen MR) is 85.3 cm³/mol. The maximum absolute atomic E-state index is 13.1. The summed E-state index contributed by atoms with van der Waals surface area (Å²) in [6, 6.07) is 16.3. The second-order valence-electron chi connectivity index (χ2n) is 5.02. The van der Waals surface area contributed by atoms with Crippen LogP contribution in [0, 0.1) is 5.82 Å². The Kier molecular flexibility index (Phi) is 4.39. The number of aromatic nitrogens is 1. The number of halogens is 1. The average Bonchev–Trinajstić information content (AvgIpc) is 3.05. The maximum atomic E-state index is 13.1. The Balaban J connectivity index is 1.53. The summed E-state index contributed by atoms with van der Waals surface area (Å²) in [4.78, 5) is 3.00. The van der Waals surface area contributed by atoms with Gasteiger partial charge in [-0.3, -0.25) is 0 Å². The molecule has 112 valence electrons. The van der Waals surface area contributed by atoms with Gasteiger partial charge in [-0.25, -0.2) is 4.39 Å². The molecule has 0 unspecified atom stereocenters. The van der Waals surface area contributed by atoms with Gasteiger partial charge in [0.2, 0.25) is 0 Å². The molecule has 0 amide bonds. The molecule has 0 saturated heterocycles. The van der Waals surface area contributed by atoms with Gasteiger partial charge < -0.3 is 15.0 Å². The van der Waals surface area contributed by atoms with Crippen molar-refractivity contribution in [3.05, 3.63) is 83.9 Å². The van der Waals surface area contributed by atoms with Crippen molar-refractivity contribution in [1.82, 2.24) is 4.98 Å². The highest BCUT2D eigenvalue weighted by atomic mass is 19.1. The van der Waals surface area contributed by atoms with Gasteiger partial charge in [0.05, 0.1) is 5.69 Å². The topological polar surface area (TPSA) is 37.0 Å². The lowest BCUT2D eigenvalue weighted by atomic mass is 10.2. The van der Waals surface area contributed by atoms with Crippen LogP contribution in [-0.2, 0) is 13.2 Å². The molecule has 2 N–H and O–H groups in total. The van der Waals surface area contributed by atoms with Crippen molar-refractivity contribution in [2.75, 3.05) is 5.32 Å². The summed E-state index contributed by atoms with van der Waals surface area (Å²) in [6.07, 6.45) is 3.79. The summed E-state index contributed by atoms with van der Waals surface area (Å²) in [5, 5.41) is 3.31. The predicted octanol–water partition coefficient (Wildman–Crippen LogP) is 4.34. The minimum Gasteiger partial charge on any atom is -0.489 e. The number of ether oxygens (including phenoxy) is 1. The Bertz CT molecular complexity index is 708. The number of hydrogen-bond donors (Lipinski definition) is 2. The fourth-order valence-electron chi connectivity index (χ4n) is 2.13. The SMILES string of the molecule is Fc1cccc(COc2ccc(CNc3cc[nH]c3)cc2)c1. The molecule has 22 heavy (non-hydrogen) atoms. The first-order valence-corrected chi connectivity index (χ1v) is 7.12. The lowest BCUT2D eigenvalue weighted by molar-refractivity contribution is 0.305. The van der Waals surface area contributed by atoms with E-state index in [1.54, 1.807) is 6.07 Å². The molecule has 1 heterocycles. The summed E-state index contributed by atoms with van der Waals surface area (Å²) in [6.45, 7) is 1.11. The molecule has 0 aliphatic rings. The average molecular weight is 296 g/mol. The van der Waals surface area contributed by atoms with Crippen molar-refractivity contribution in [3.63, 3.8) is 0 Å². The third kappa shape index (κ3) is 3.88. The molecule has 0 aliphatic heterocycles. The highest BCUT2D eigenvalue weighted by Crippen LogP contribution is 2.16. The number of rotatable bonds is 6. The van der Waals surface area contributed by atoms with Crippen LogP contribution in [-0.4, -0.2) is 4.98 Å². The van der Waals surface area contributed by atoms with E-state index in [2.05, 4.69) is 10.3 Å². The number of aromatic amines is 1. The van der Waals surface area contributed by atoms with Crippen molar-refractivity contribution in [3.8, 4) is 5.75 Å². The monoisotopic (exact) mass is 296 g/mol. The summed E-state index contributed by atoms with van der Waals surface area (Å²) in [5.41, 5.74) is 3.05. The van der Waals surface area contributed by atoms with Gasteiger partial charge in [0.1, 0.15) is 18.2 Å². The molecule has 3 rings (SSSR count). The van der Waals surface area contributed by atoms with Crippen LogP contribution in [0.15, 0.2) is 67.0 Å². The van der Waals surface area contributed by atoms with Crippen LogP contribution in [0.1, 0.15) is 11.1 Å². The Hall–Kier alpha value is -2.75. The van der Waals surface area contributed by atoms with Gasteiger partial charge in [-0.1, -0.05) is 24.3 Å². The van der Waals surface area contributed by atoms with Crippen LogP contribution in [0.25, 0.3) is 0 Å². The van der Waals surface area contributed by atoms with Crippen molar-refractivity contribution in [1.29, 1.82) is 0 Å². The molecule has 4 heteroatoms. The molecule has 0 bridgehead atoms. The van der Waals surface area contributed by atoms with Crippen molar-refractivity contribution < 1.29 is 9.13 Å². The van der Waals surface area contributed by atoms with Gasteiger partial charge in [0.15, 0.2) is 0 Å². The second kappa shape index (κ2) is 6.80. The third-order valence-corrected chi connectivity index (χ3v) is 3.31. The van der Waals surface area contributed by atoms with E-state index in [1.807, 2.05) is 48.8 Å². The van der Waals surface area contributed by atoms with Gasteiger partial charge in [0, 0.05) is 18.9 Å². The van der Waals surface area contributed by atoms with E-state index in [9.17, 15) is 4.39 Å². The molecule has 2 aromatic carbocycles. The standard InChI is InChI=1S/C18H17FN2O/c19-16-3-1-2-15(10-16)13-22-18-6-4-14(5-7-18)11-21-17-8-9-20-12-17/h1-10,12,20-21H,11,13H2. The van der Waals surface area contributed by atoms with Crippen LogP contribution >= 0.6 is 0 Å². The van der Waals surface area contributed by atoms with E-state index in [1.165, 1.54) is 17.7 Å². The zero-order valence-electron chi connectivity index (χ0n) is 12.1. The van der Waals surface area contributed by atoms with Gasteiger partial charge in [0.25, 0.3) is 0 Å². The fraction of sp³-hybridized carbons (Fsp3) is 0.111. The molecule has 0 spiro atoms. The van der Waals surface area contributed by atoms with Crippen LogP contribution in [0.4, 0.5) is 10.1 Å². The summed E-state index contributed by atoms with van der Waals surface area (Å²) in [5.74, 6) is 0.530. The summed E-state index contributed by atoms with van der Waals surface area (Å²) in [7, 11) is 0. The molecule has 3 nitrogen and oxygen atoms in total. The molecule has 0 fully saturated rings. The first-order chi connectivity index (χ1) is 10.8. The normalized spacial score (nSPS) is 10.4. The van der Waals surface area contributed by atoms with Crippen molar-refractivity contribution >= 4 is 5.69 Å². The molecular weight excluding hydrogens is 279 g/mol.